The van der Waals surface area contributed by atoms with Gasteiger partial charge in [0.25, 0.3) is 5.91 Å². The molecule has 41 heavy (non-hydrogen) atoms. The van der Waals surface area contributed by atoms with Gasteiger partial charge in [-0.05, 0) is 75.2 Å². The highest BCUT2D eigenvalue weighted by Crippen LogP contribution is 2.42. The van der Waals surface area contributed by atoms with E-state index in [-0.39, 0.29) is 35.6 Å². The number of carbonyl (C=O) groups excluding carboxylic acids is 1. The third kappa shape index (κ3) is 4.30. The number of piperazine rings is 1. The van der Waals surface area contributed by atoms with Crippen molar-refractivity contribution in [1.82, 2.24) is 20.2 Å². The highest BCUT2D eigenvalue weighted by Gasteiger charge is 2.45. The van der Waals surface area contributed by atoms with Crippen LogP contribution in [0.3, 0.4) is 0 Å². The second-order valence-electron chi connectivity index (χ2n) is 11.9. The molecule has 3 saturated heterocycles. The lowest BCUT2D eigenvalue weighted by Gasteiger charge is -2.36. The number of amides is 1. The predicted molar refractivity (Wildman–Crippen MR) is 155 cm³/mol. The van der Waals surface area contributed by atoms with Crippen LogP contribution in [0.2, 0.25) is 0 Å². The largest absolute Gasteiger partial charge is 0.508 e. The van der Waals surface area contributed by atoms with Gasteiger partial charge in [0.05, 0.1) is 23.5 Å². The van der Waals surface area contributed by atoms with Gasteiger partial charge in [-0.2, -0.15) is 9.97 Å². The summed E-state index contributed by atoms with van der Waals surface area (Å²) in [5.74, 6) is 0.0361. The van der Waals surface area contributed by atoms with Crippen LogP contribution in [0.25, 0.3) is 10.8 Å². The van der Waals surface area contributed by atoms with E-state index in [1.54, 1.807) is 23.1 Å². The Labute approximate surface area is 239 Å². The standard InChI is InChI=1S/C31H37FN6O3/c1-3-22-23(32)7-6-20-14-21(39)15-25(26(20)22)38-17-24-27(29(38)40)28(37-13-10-33-16-19(37)2)35-30(34-24)41-18-31-8-4-11-36(31)12-5-9-31/h6-7,14-15,19,33,39H,3-5,8-13,16-18H2,1-2H3. The van der Waals surface area contributed by atoms with Gasteiger partial charge in [0, 0.05) is 37.1 Å². The fourth-order valence-electron chi connectivity index (χ4n) is 7.48. The molecule has 0 spiro atoms. The lowest BCUT2D eigenvalue weighted by Crippen LogP contribution is -2.50. The third-order valence-electron chi connectivity index (χ3n) is 9.54. The van der Waals surface area contributed by atoms with E-state index in [2.05, 4.69) is 22.0 Å². The summed E-state index contributed by atoms with van der Waals surface area (Å²) in [6.45, 7) is 9.22. The summed E-state index contributed by atoms with van der Waals surface area (Å²) in [4.78, 5) is 30.2. The van der Waals surface area contributed by atoms with Crippen LogP contribution >= 0.6 is 0 Å². The van der Waals surface area contributed by atoms with Crippen molar-refractivity contribution in [1.29, 1.82) is 0 Å². The number of nitrogens with one attached hydrogen (secondary N) is 1. The molecule has 0 aliphatic carbocycles. The van der Waals surface area contributed by atoms with Gasteiger partial charge < -0.3 is 25.0 Å². The lowest BCUT2D eigenvalue weighted by molar-refractivity contribution is 0.0996. The maximum Gasteiger partial charge on any atom is 0.318 e. The molecule has 7 rings (SSSR count). The number of hydrogen-bond donors (Lipinski definition) is 2. The smallest absolute Gasteiger partial charge is 0.318 e. The molecular formula is C31H37FN6O3. The first-order chi connectivity index (χ1) is 19.9. The van der Waals surface area contributed by atoms with Crippen LogP contribution in [0.1, 0.15) is 61.1 Å². The molecule has 1 aromatic heterocycles. The molecule has 4 aliphatic heterocycles. The Morgan fingerprint density at radius 3 is 2.73 bits per heavy atom. The van der Waals surface area contributed by atoms with Crippen LogP contribution in [0.15, 0.2) is 24.3 Å². The summed E-state index contributed by atoms with van der Waals surface area (Å²) < 4.78 is 21.3. The average Bonchev–Trinajstić information content (AvgIpc) is 3.64. The van der Waals surface area contributed by atoms with E-state index in [0.717, 1.165) is 39.0 Å². The zero-order valence-electron chi connectivity index (χ0n) is 23.7. The Kier molecular flexibility index (Phi) is 6.50. The molecule has 1 amide bonds. The molecule has 2 aromatic carbocycles. The number of carbonyl (C=O) groups is 1. The van der Waals surface area contributed by atoms with Crippen LogP contribution in [0, 0.1) is 5.82 Å². The van der Waals surface area contributed by atoms with Crippen molar-refractivity contribution in [3.63, 3.8) is 0 Å². The number of halogens is 1. The molecule has 2 N–H and O–H groups in total. The van der Waals surface area contributed by atoms with Crippen molar-refractivity contribution in [2.24, 2.45) is 0 Å². The maximum absolute atomic E-state index is 14.9. The van der Waals surface area contributed by atoms with Crippen LogP contribution in [0.4, 0.5) is 15.9 Å². The Hall–Kier alpha value is -3.50. The van der Waals surface area contributed by atoms with Crippen LogP contribution < -0.4 is 19.9 Å². The number of phenolic OH excluding ortho intramolecular Hbond substituents is 1. The summed E-state index contributed by atoms with van der Waals surface area (Å²) in [5, 5.41) is 15.3. The van der Waals surface area contributed by atoms with Crippen LogP contribution in [0.5, 0.6) is 11.8 Å². The number of ether oxygens (including phenoxy) is 1. The predicted octanol–water partition coefficient (Wildman–Crippen LogP) is 4.00. The topological polar surface area (TPSA) is 94.1 Å². The summed E-state index contributed by atoms with van der Waals surface area (Å²) in [6.07, 6.45) is 5.05. The number of rotatable bonds is 6. The minimum absolute atomic E-state index is 0.0212. The van der Waals surface area contributed by atoms with Crippen molar-refractivity contribution in [2.45, 2.75) is 64.1 Å². The first-order valence-corrected chi connectivity index (χ1v) is 14.9. The van der Waals surface area contributed by atoms with Crippen molar-refractivity contribution < 1.29 is 19.0 Å². The monoisotopic (exact) mass is 560 g/mol. The van der Waals surface area contributed by atoms with E-state index in [4.69, 9.17) is 14.7 Å². The second kappa shape index (κ2) is 10.1. The first kappa shape index (κ1) is 26.4. The number of aryl methyl sites for hydroxylation is 1. The molecule has 216 valence electrons. The minimum Gasteiger partial charge on any atom is -0.508 e. The van der Waals surface area contributed by atoms with E-state index in [0.29, 0.717) is 64.7 Å². The molecule has 0 radical (unpaired) electrons. The Morgan fingerprint density at radius 1 is 1.17 bits per heavy atom. The molecule has 3 fully saturated rings. The van der Waals surface area contributed by atoms with Gasteiger partial charge >= 0.3 is 6.01 Å². The Morgan fingerprint density at radius 2 is 1.98 bits per heavy atom. The average molecular weight is 561 g/mol. The van der Waals surface area contributed by atoms with E-state index < -0.39 is 0 Å². The van der Waals surface area contributed by atoms with Crippen molar-refractivity contribution >= 4 is 28.2 Å². The summed E-state index contributed by atoms with van der Waals surface area (Å²) in [5.41, 5.74) is 2.10. The van der Waals surface area contributed by atoms with E-state index in [1.807, 2.05) is 6.92 Å². The molecule has 0 bridgehead atoms. The normalized spacial score (nSPS) is 22.0. The number of aromatic hydroxyl groups is 1. The van der Waals surface area contributed by atoms with Gasteiger partial charge in [0.15, 0.2) is 0 Å². The molecular weight excluding hydrogens is 523 g/mol. The number of fused-ring (bicyclic) bond motifs is 3. The van der Waals surface area contributed by atoms with Gasteiger partial charge in [-0.15, -0.1) is 0 Å². The molecule has 0 saturated carbocycles. The summed E-state index contributed by atoms with van der Waals surface area (Å²) in [7, 11) is 0. The van der Waals surface area contributed by atoms with Crippen molar-refractivity contribution in [3.05, 3.63) is 46.9 Å². The minimum atomic E-state index is -0.325. The van der Waals surface area contributed by atoms with Crippen LogP contribution in [-0.4, -0.2) is 76.8 Å². The second-order valence-corrected chi connectivity index (χ2v) is 11.9. The molecule has 9 nitrogen and oxygen atoms in total. The van der Waals surface area contributed by atoms with E-state index >= 15 is 0 Å². The molecule has 3 aromatic rings. The van der Waals surface area contributed by atoms with Gasteiger partial charge in [0.1, 0.15) is 29.6 Å². The van der Waals surface area contributed by atoms with E-state index in [1.165, 1.54) is 18.9 Å². The number of phenols is 1. The molecule has 1 unspecified atom stereocenters. The zero-order chi connectivity index (χ0) is 28.3. The van der Waals surface area contributed by atoms with Gasteiger partial charge in [0.2, 0.25) is 0 Å². The van der Waals surface area contributed by atoms with Crippen molar-refractivity contribution in [2.75, 3.05) is 49.1 Å². The third-order valence-corrected chi connectivity index (χ3v) is 9.54. The van der Waals surface area contributed by atoms with Gasteiger partial charge in [-0.3, -0.25) is 9.69 Å². The first-order valence-electron chi connectivity index (χ1n) is 14.9. The zero-order valence-corrected chi connectivity index (χ0v) is 23.7. The Bertz CT molecular complexity index is 1520. The Balaban J connectivity index is 1.31. The molecule has 10 heteroatoms. The highest BCUT2D eigenvalue weighted by atomic mass is 19.1. The SMILES string of the molecule is CCc1c(F)ccc2cc(O)cc(N3Cc4nc(OCC56CCCN5CCC6)nc(N5CCNCC5C)c4C3=O)c12. The molecule has 5 heterocycles. The quantitative estimate of drug-likeness (QED) is 0.467. The number of benzene rings is 2. The van der Waals surface area contributed by atoms with Crippen molar-refractivity contribution in [3.8, 4) is 11.8 Å². The fourth-order valence-corrected chi connectivity index (χ4v) is 7.48. The summed E-state index contributed by atoms with van der Waals surface area (Å²) >= 11 is 0. The number of nitrogens with zero attached hydrogens (tertiary/aromatic N) is 5. The van der Waals surface area contributed by atoms with Gasteiger partial charge in [-0.25, -0.2) is 4.39 Å². The molecule has 4 aliphatic rings. The number of hydrogen-bond acceptors (Lipinski definition) is 8. The van der Waals surface area contributed by atoms with Crippen LogP contribution in [-0.2, 0) is 13.0 Å². The highest BCUT2D eigenvalue weighted by molar-refractivity contribution is 6.16. The lowest BCUT2D eigenvalue weighted by atomic mass is 9.95. The van der Waals surface area contributed by atoms with E-state index in [9.17, 15) is 14.3 Å². The maximum atomic E-state index is 14.9. The fraction of sp³-hybridized carbons (Fsp3) is 0.516. The molecule has 1 atom stereocenters. The number of aromatic nitrogens is 2. The number of anilines is 2. The van der Waals surface area contributed by atoms with Gasteiger partial charge in [-0.1, -0.05) is 13.0 Å². The summed E-state index contributed by atoms with van der Waals surface area (Å²) in [6, 6.07) is 6.65.